The number of ether oxygens (including phenoxy) is 2. The molecular formula is C22H30O4Si. The highest BCUT2D eigenvalue weighted by Crippen LogP contribution is 2.36. The van der Waals surface area contributed by atoms with Crippen LogP contribution >= 0.6 is 0 Å². The summed E-state index contributed by atoms with van der Waals surface area (Å²) < 4.78 is 17.1. The number of carbonyl (C=O) groups is 1. The highest BCUT2D eigenvalue weighted by Gasteiger charge is 2.50. The number of hydrogen-bond acceptors (Lipinski definition) is 4. The average Bonchev–Trinajstić information content (AvgIpc) is 2.67. The summed E-state index contributed by atoms with van der Waals surface area (Å²) in [7, 11) is 0.365. The van der Waals surface area contributed by atoms with E-state index in [1.165, 1.54) is 17.5 Å². The molecule has 0 N–H and O–H groups in total. The lowest BCUT2D eigenvalue weighted by Crippen LogP contribution is -2.67. The molecule has 4 nitrogen and oxygen atoms in total. The molecule has 2 aromatic rings. The second kappa shape index (κ2) is 9.31. The number of benzene rings is 2. The van der Waals surface area contributed by atoms with Gasteiger partial charge in [-0.05, 0) is 15.4 Å². The summed E-state index contributed by atoms with van der Waals surface area (Å²) in [6.45, 7) is 7.00. The van der Waals surface area contributed by atoms with Crippen LogP contribution in [0.15, 0.2) is 60.7 Å². The SMILES string of the molecule is COC(=O)CC(CO[Si](c1ccccc1)(c1ccccc1)C(C)(C)C)OC. The maximum Gasteiger partial charge on any atom is 0.308 e. The van der Waals surface area contributed by atoms with Gasteiger partial charge in [-0.3, -0.25) is 4.79 Å². The van der Waals surface area contributed by atoms with Crippen molar-refractivity contribution in [2.24, 2.45) is 0 Å². The van der Waals surface area contributed by atoms with Gasteiger partial charge in [-0.15, -0.1) is 0 Å². The minimum Gasteiger partial charge on any atom is -0.469 e. The Balaban J connectivity index is 2.47. The van der Waals surface area contributed by atoms with Gasteiger partial charge in [0.25, 0.3) is 8.32 Å². The molecule has 27 heavy (non-hydrogen) atoms. The average molecular weight is 387 g/mol. The van der Waals surface area contributed by atoms with Gasteiger partial charge < -0.3 is 13.9 Å². The van der Waals surface area contributed by atoms with Crippen molar-refractivity contribution in [2.45, 2.75) is 38.3 Å². The molecule has 146 valence electrons. The van der Waals surface area contributed by atoms with Crippen LogP contribution in [-0.2, 0) is 18.7 Å². The molecule has 2 aromatic carbocycles. The van der Waals surface area contributed by atoms with Gasteiger partial charge in [-0.2, -0.15) is 0 Å². The number of hydrogen-bond donors (Lipinski definition) is 0. The quantitative estimate of drug-likeness (QED) is 0.516. The predicted octanol–water partition coefficient (Wildman–Crippen LogP) is 3.14. The molecule has 0 amide bonds. The Morgan fingerprint density at radius 2 is 1.41 bits per heavy atom. The van der Waals surface area contributed by atoms with Crippen molar-refractivity contribution >= 4 is 24.7 Å². The molecule has 0 saturated carbocycles. The van der Waals surface area contributed by atoms with Crippen LogP contribution < -0.4 is 10.4 Å². The van der Waals surface area contributed by atoms with Crippen LogP contribution in [0.25, 0.3) is 0 Å². The molecule has 0 aromatic heterocycles. The molecule has 0 aliphatic carbocycles. The molecule has 0 radical (unpaired) electrons. The summed E-state index contributed by atoms with van der Waals surface area (Å²) in [6.07, 6.45) is -0.176. The molecule has 1 atom stereocenters. The van der Waals surface area contributed by atoms with E-state index in [4.69, 9.17) is 13.9 Å². The zero-order valence-electron chi connectivity index (χ0n) is 16.9. The van der Waals surface area contributed by atoms with Crippen LogP contribution in [0.2, 0.25) is 5.04 Å². The van der Waals surface area contributed by atoms with E-state index in [0.29, 0.717) is 6.61 Å². The van der Waals surface area contributed by atoms with Crippen LogP contribution in [-0.4, -0.2) is 41.2 Å². The molecule has 0 spiro atoms. The first-order valence-electron chi connectivity index (χ1n) is 9.19. The zero-order valence-corrected chi connectivity index (χ0v) is 17.9. The number of esters is 1. The molecule has 2 rings (SSSR count). The highest BCUT2D eigenvalue weighted by atomic mass is 28.4. The lowest BCUT2D eigenvalue weighted by molar-refractivity contribution is -0.143. The van der Waals surface area contributed by atoms with Crippen molar-refractivity contribution in [3.05, 3.63) is 60.7 Å². The Bertz CT molecular complexity index is 671. The Kier molecular flexibility index (Phi) is 7.36. The van der Waals surface area contributed by atoms with Crippen LogP contribution in [0.3, 0.4) is 0 Å². The number of carbonyl (C=O) groups excluding carboxylic acids is 1. The molecule has 0 fully saturated rings. The monoisotopic (exact) mass is 386 g/mol. The fourth-order valence-electron chi connectivity index (χ4n) is 3.46. The minimum atomic E-state index is -2.62. The van der Waals surface area contributed by atoms with Crippen LogP contribution in [0.5, 0.6) is 0 Å². The Morgan fingerprint density at radius 1 is 0.926 bits per heavy atom. The lowest BCUT2D eigenvalue weighted by Gasteiger charge is -2.43. The second-order valence-electron chi connectivity index (χ2n) is 7.61. The third kappa shape index (κ3) is 4.86. The molecule has 0 heterocycles. The number of rotatable bonds is 8. The number of methoxy groups -OCH3 is 2. The molecule has 0 aliphatic rings. The lowest BCUT2D eigenvalue weighted by atomic mass is 10.2. The first kappa shape index (κ1) is 21.3. The van der Waals surface area contributed by atoms with Gasteiger partial charge in [0, 0.05) is 7.11 Å². The second-order valence-corrected chi connectivity index (χ2v) is 11.9. The van der Waals surface area contributed by atoms with Gasteiger partial charge in [0.1, 0.15) is 0 Å². The van der Waals surface area contributed by atoms with E-state index in [9.17, 15) is 4.79 Å². The third-order valence-electron chi connectivity index (χ3n) is 4.86. The van der Waals surface area contributed by atoms with E-state index >= 15 is 0 Å². The van der Waals surface area contributed by atoms with E-state index in [1.807, 2.05) is 12.1 Å². The summed E-state index contributed by atoms with van der Waals surface area (Å²) in [5.41, 5.74) is 0. The summed E-state index contributed by atoms with van der Waals surface area (Å²) in [5, 5.41) is 2.30. The van der Waals surface area contributed by atoms with Gasteiger partial charge in [0.15, 0.2) is 0 Å². The van der Waals surface area contributed by atoms with E-state index in [-0.39, 0.29) is 23.5 Å². The molecule has 0 aliphatic heterocycles. The predicted molar refractivity (Wildman–Crippen MR) is 111 cm³/mol. The van der Waals surface area contributed by atoms with Crippen LogP contribution in [0.4, 0.5) is 0 Å². The Labute approximate surface area is 163 Å². The maximum absolute atomic E-state index is 11.7. The van der Waals surface area contributed by atoms with Crippen molar-refractivity contribution in [1.29, 1.82) is 0 Å². The standard InChI is InChI=1S/C22H30O4Si/c1-22(2,3)27(19-12-8-6-9-13-19,20-14-10-7-11-15-20)26-17-18(24-4)16-21(23)25-5/h6-15,18H,16-17H2,1-5H3. The van der Waals surface area contributed by atoms with Crippen LogP contribution in [0, 0.1) is 0 Å². The van der Waals surface area contributed by atoms with Crippen molar-refractivity contribution in [1.82, 2.24) is 0 Å². The largest absolute Gasteiger partial charge is 0.469 e. The van der Waals surface area contributed by atoms with Gasteiger partial charge in [0.2, 0.25) is 0 Å². The fourth-order valence-corrected chi connectivity index (χ4v) is 8.05. The summed E-state index contributed by atoms with van der Waals surface area (Å²) >= 11 is 0. The summed E-state index contributed by atoms with van der Waals surface area (Å²) in [6, 6.07) is 20.8. The minimum absolute atomic E-state index is 0.112. The molecule has 0 bridgehead atoms. The molecule has 5 heteroatoms. The van der Waals surface area contributed by atoms with Crippen LogP contribution in [0.1, 0.15) is 27.2 Å². The van der Waals surface area contributed by atoms with Gasteiger partial charge in [-0.25, -0.2) is 0 Å². The van der Waals surface area contributed by atoms with Gasteiger partial charge in [-0.1, -0.05) is 81.4 Å². The maximum atomic E-state index is 11.7. The Morgan fingerprint density at radius 3 is 1.78 bits per heavy atom. The third-order valence-corrected chi connectivity index (χ3v) is 9.86. The Hall–Kier alpha value is -1.95. The normalized spacial score (nSPS) is 13.2. The topological polar surface area (TPSA) is 44.8 Å². The van der Waals surface area contributed by atoms with Crippen molar-refractivity contribution in [2.75, 3.05) is 20.8 Å². The first-order chi connectivity index (χ1) is 12.8. The van der Waals surface area contributed by atoms with Crippen molar-refractivity contribution < 1.29 is 18.7 Å². The van der Waals surface area contributed by atoms with Crippen molar-refractivity contribution in [3.8, 4) is 0 Å². The summed E-state index contributed by atoms with van der Waals surface area (Å²) in [5.74, 6) is -0.298. The van der Waals surface area contributed by atoms with Gasteiger partial charge >= 0.3 is 5.97 Å². The van der Waals surface area contributed by atoms with E-state index < -0.39 is 8.32 Å². The fraction of sp³-hybridized carbons (Fsp3) is 0.409. The van der Waals surface area contributed by atoms with E-state index in [2.05, 4.69) is 69.3 Å². The van der Waals surface area contributed by atoms with E-state index in [1.54, 1.807) is 7.11 Å². The van der Waals surface area contributed by atoms with Crippen molar-refractivity contribution in [3.63, 3.8) is 0 Å². The molecule has 0 saturated heterocycles. The van der Waals surface area contributed by atoms with E-state index in [0.717, 1.165) is 0 Å². The molecule has 1 unspecified atom stereocenters. The molecular weight excluding hydrogens is 356 g/mol. The summed E-state index contributed by atoms with van der Waals surface area (Å²) in [4.78, 5) is 11.7. The first-order valence-corrected chi connectivity index (χ1v) is 11.1. The highest BCUT2D eigenvalue weighted by molar-refractivity contribution is 6.99. The van der Waals surface area contributed by atoms with Gasteiger partial charge in [0.05, 0.1) is 26.2 Å². The zero-order chi connectivity index (χ0) is 19.9. The smallest absolute Gasteiger partial charge is 0.308 e.